The van der Waals surface area contributed by atoms with Crippen LogP contribution in [-0.2, 0) is 11.4 Å². The first kappa shape index (κ1) is 23.3. The fourth-order valence-electron chi connectivity index (χ4n) is 3.69. The van der Waals surface area contributed by atoms with E-state index in [0.717, 1.165) is 47.6 Å². The third kappa shape index (κ3) is 6.79. The number of hydrogen-bond donors (Lipinski definition) is 2. The summed E-state index contributed by atoms with van der Waals surface area (Å²) in [6, 6.07) is 6.40. The molecule has 0 atom stereocenters. The van der Waals surface area contributed by atoms with Gasteiger partial charge in [-0.15, -0.1) is 11.3 Å². The summed E-state index contributed by atoms with van der Waals surface area (Å²) in [6.07, 6.45) is 3.46. The Labute approximate surface area is 188 Å². The van der Waals surface area contributed by atoms with Gasteiger partial charge in [-0.25, -0.2) is 4.98 Å². The van der Waals surface area contributed by atoms with Gasteiger partial charge in [0.25, 0.3) is 5.91 Å². The highest BCUT2D eigenvalue weighted by atomic mass is 32.1. The quantitative estimate of drug-likeness (QED) is 0.687. The van der Waals surface area contributed by atoms with Crippen molar-refractivity contribution in [2.45, 2.75) is 79.0 Å². The fourth-order valence-corrected chi connectivity index (χ4v) is 4.37. The number of carbonyl (C=O) groups is 2. The predicted molar refractivity (Wildman–Crippen MR) is 123 cm³/mol. The van der Waals surface area contributed by atoms with Crippen LogP contribution in [0, 0.1) is 19.3 Å². The van der Waals surface area contributed by atoms with Gasteiger partial charge in [-0.3, -0.25) is 9.59 Å². The van der Waals surface area contributed by atoms with Crippen LogP contribution in [0.4, 0.5) is 0 Å². The van der Waals surface area contributed by atoms with Crippen molar-refractivity contribution >= 4 is 23.2 Å². The average molecular weight is 444 g/mol. The van der Waals surface area contributed by atoms with Crippen molar-refractivity contribution in [3.8, 4) is 5.75 Å². The van der Waals surface area contributed by atoms with Crippen LogP contribution in [0.5, 0.6) is 5.75 Å². The Balaban J connectivity index is 1.45. The molecule has 2 N–H and O–H groups in total. The van der Waals surface area contributed by atoms with E-state index in [-0.39, 0.29) is 29.3 Å². The van der Waals surface area contributed by atoms with Crippen molar-refractivity contribution in [1.82, 2.24) is 15.6 Å². The SMILES string of the molecule is Cc1cc(C)cc(OCc2nc(C(=O)NC3CCC(NC(=O)C(C)(C)C)CC3)cs2)c1. The van der Waals surface area contributed by atoms with Crippen LogP contribution in [0.15, 0.2) is 23.6 Å². The molecule has 0 spiro atoms. The van der Waals surface area contributed by atoms with Crippen LogP contribution < -0.4 is 15.4 Å². The number of nitrogens with one attached hydrogen (secondary N) is 2. The minimum Gasteiger partial charge on any atom is -0.486 e. The van der Waals surface area contributed by atoms with Gasteiger partial charge >= 0.3 is 0 Å². The minimum absolute atomic E-state index is 0.0815. The first-order chi connectivity index (χ1) is 14.6. The Kier molecular flexibility index (Phi) is 7.36. The highest BCUT2D eigenvalue weighted by molar-refractivity contribution is 7.09. The average Bonchev–Trinajstić information content (AvgIpc) is 3.16. The Morgan fingerprint density at radius 1 is 1.03 bits per heavy atom. The van der Waals surface area contributed by atoms with Gasteiger partial charge in [-0.2, -0.15) is 0 Å². The van der Waals surface area contributed by atoms with E-state index in [9.17, 15) is 9.59 Å². The summed E-state index contributed by atoms with van der Waals surface area (Å²) in [5, 5.41) is 8.78. The highest BCUT2D eigenvalue weighted by Crippen LogP contribution is 2.22. The Morgan fingerprint density at radius 3 is 2.19 bits per heavy atom. The lowest BCUT2D eigenvalue weighted by atomic mass is 9.89. The smallest absolute Gasteiger partial charge is 0.270 e. The molecule has 1 fully saturated rings. The summed E-state index contributed by atoms with van der Waals surface area (Å²) in [6.45, 7) is 10.2. The van der Waals surface area contributed by atoms with Crippen molar-refractivity contribution < 1.29 is 14.3 Å². The van der Waals surface area contributed by atoms with E-state index in [1.54, 1.807) is 5.38 Å². The Hall–Kier alpha value is -2.41. The highest BCUT2D eigenvalue weighted by Gasteiger charge is 2.28. The van der Waals surface area contributed by atoms with Gasteiger partial charge in [0.1, 0.15) is 23.1 Å². The van der Waals surface area contributed by atoms with E-state index in [1.165, 1.54) is 11.3 Å². The lowest BCUT2D eigenvalue weighted by Crippen LogP contribution is -2.46. The molecule has 1 saturated carbocycles. The lowest BCUT2D eigenvalue weighted by molar-refractivity contribution is -0.129. The largest absolute Gasteiger partial charge is 0.486 e. The van der Waals surface area contributed by atoms with Gasteiger partial charge in [0, 0.05) is 22.9 Å². The molecule has 1 aliphatic carbocycles. The third-order valence-electron chi connectivity index (χ3n) is 5.42. The second kappa shape index (κ2) is 9.81. The van der Waals surface area contributed by atoms with Crippen molar-refractivity contribution in [3.63, 3.8) is 0 Å². The zero-order chi connectivity index (χ0) is 22.6. The Morgan fingerprint density at radius 2 is 1.61 bits per heavy atom. The number of rotatable bonds is 6. The van der Waals surface area contributed by atoms with Crippen molar-refractivity contribution in [1.29, 1.82) is 0 Å². The molecule has 31 heavy (non-hydrogen) atoms. The van der Waals surface area contributed by atoms with Crippen LogP contribution in [0.25, 0.3) is 0 Å². The Bertz CT molecular complexity index is 904. The number of amides is 2. The zero-order valence-corrected chi connectivity index (χ0v) is 19.9. The monoisotopic (exact) mass is 443 g/mol. The maximum Gasteiger partial charge on any atom is 0.270 e. The summed E-state index contributed by atoms with van der Waals surface area (Å²) in [4.78, 5) is 29.2. The molecule has 168 valence electrons. The molecule has 1 aromatic heterocycles. The molecule has 1 aliphatic rings. The van der Waals surface area contributed by atoms with Gasteiger partial charge in [-0.1, -0.05) is 26.8 Å². The number of thiazole rings is 1. The number of ether oxygens (including phenoxy) is 1. The summed E-state index contributed by atoms with van der Waals surface area (Å²) in [5.41, 5.74) is 2.37. The van der Waals surface area contributed by atoms with Gasteiger partial charge in [0.2, 0.25) is 5.91 Å². The molecule has 2 amide bonds. The molecular weight excluding hydrogens is 410 g/mol. The van der Waals surface area contributed by atoms with Crippen molar-refractivity contribution in [2.75, 3.05) is 0 Å². The predicted octanol–water partition coefficient (Wildman–Crippen LogP) is 4.54. The van der Waals surface area contributed by atoms with E-state index < -0.39 is 0 Å². The first-order valence-corrected chi connectivity index (χ1v) is 11.8. The number of carbonyl (C=O) groups excluding carboxylic acids is 2. The number of hydrogen-bond acceptors (Lipinski definition) is 5. The molecule has 0 bridgehead atoms. The summed E-state index contributed by atoms with van der Waals surface area (Å²) in [7, 11) is 0. The maximum absolute atomic E-state index is 12.6. The second-order valence-corrected chi connectivity index (χ2v) is 10.4. The van der Waals surface area contributed by atoms with Crippen LogP contribution in [0.1, 0.15) is 73.1 Å². The van der Waals surface area contributed by atoms with Crippen LogP contribution in [0.3, 0.4) is 0 Å². The summed E-state index contributed by atoms with van der Waals surface area (Å²) in [5.74, 6) is 0.753. The number of benzene rings is 1. The topological polar surface area (TPSA) is 80.3 Å². The summed E-state index contributed by atoms with van der Waals surface area (Å²) >= 11 is 1.43. The maximum atomic E-state index is 12.6. The fraction of sp³-hybridized carbons (Fsp3) is 0.542. The zero-order valence-electron chi connectivity index (χ0n) is 19.1. The molecule has 6 nitrogen and oxygen atoms in total. The van der Waals surface area contributed by atoms with Crippen molar-refractivity contribution in [3.05, 3.63) is 45.4 Å². The van der Waals surface area contributed by atoms with E-state index in [1.807, 2.05) is 46.8 Å². The first-order valence-electron chi connectivity index (χ1n) is 10.9. The second-order valence-electron chi connectivity index (χ2n) is 9.48. The molecule has 2 aromatic rings. The molecule has 0 unspecified atom stereocenters. The number of aryl methyl sites for hydroxylation is 2. The van der Waals surface area contributed by atoms with E-state index in [0.29, 0.717) is 12.3 Å². The molecule has 1 heterocycles. The van der Waals surface area contributed by atoms with Gasteiger partial charge in [0.15, 0.2) is 0 Å². The molecule has 7 heteroatoms. The minimum atomic E-state index is -0.380. The van der Waals surface area contributed by atoms with E-state index in [4.69, 9.17) is 4.74 Å². The number of nitrogens with zero attached hydrogens (tertiary/aromatic N) is 1. The summed E-state index contributed by atoms with van der Waals surface area (Å²) < 4.78 is 5.85. The van der Waals surface area contributed by atoms with Gasteiger partial charge in [-0.05, 0) is 62.8 Å². The van der Waals surface area contributed by atoms with Crippen LogP contribution in [0.2, 0.25) is 0 Å². The van der Waals surface area contributed by atoms with Crippen molar-refractivity contribution in [2.24, 2.45) is 5.41 Å². The van der Waals surface area contributed by atoms with Crippen LogP contribution in [-0.4, -0.2) is 28.9 Å². The van der Waals surface area contributed by atoms with E-state index in [2.05, 4.69) is 21.7 Å². The standard InChI is InChI=1S/C24H33N3O3S/c1-15-10-16(2)12-19(11-15)30-13-21-27-20(14-31-21)22(28)25-17-6-8-18(9-7-17)26-23(29)24(3,4)5/h10-12,14,17-18H,6-9,13H2,1-5H3,(H,25,28)(H,26,29). The number of aromatic nitrogens is 1. The molecule has 0 saturated heterocycles. The lowest BCUT2D eigenvalue weighted by Gasteiger charge is -2.31. The van der Waals surface area contributed by atoms with Crippen LogP contribution >= 0.6 is 11.3 Å². The molecule has 3 rings (SSSR count). The van der Waals surface area contributed by atoms with Gasteiger partial charge in [0.05, 0.1) is 0 Å². The molecule has 0 radical (unpaired) electrons. The van der Waals surface area contributed by atoms with Gasteiger partial charge < -0.3 is 15.4 Å². The third-order valence-corrected chi connectivity index (χ3v) is 6.24. The van der Waals surface area contributed by atoms with E-state index >= 15 is 0 Å². The molecule has 1 aromatic carbocycles. The molecule has 0 aliphatic heterocycles. The molecular formula is C24H33N3O3S. The normalized spacial score (nSPS) is 19.0.